The van der Waals surface area contributed by atoms with Crippen molar-refractivity contribution >= 4 is 25.6 Å². The number of thiol groups is 1. The van der Waals surface area contributed by atoms with E-state index in [2.05, 4.69) is 4.79 Å². The Labute approximate surface area is 130 Å². The quantitative estimate of drug-likeness (QED) is 0.288. The van der Waals surface area contributed by atoms with Crippen LogP contribution in [-0.2, 0) is 20.5 Å². The lowest BCUT2D eigenvalue weighted by Crippen LogP contribution is -2.43. The minimum atomic E-state index is -4.23. The summed E-state index contributed by atoms with van der Waals surface area (Å²) in [6.45, 7) is 0. The zero-order valence-electron chi connectivity index (χ0n) is 11.9. The summed E-state index contributed by atoms with van der Waals surface area (Å²) in [7, 11) is -5.94. The number of methoxy groups -OCH3 is 1. The third kappa shape index (κ3) is 2.67. The Morgan fingerprint density at radius 2 is 1.95 bits per heavy atom. The lowest BCUT2D eigenvalue weighted by atomic mass is 10.1. The summed E-state index contributed by atoms with van der Waals surface area (Å²) in [5.41, 5.74) is 9.23. The number of nitrogens with zero attached hydrogens (tertiary/aromatic N) is 2. The highest BCUT2D eigenvalue weighted by Crippen LogP contribution is 2.37. The molecule has 1 saturated carbocycles. The van der Waals surface area contributed by atoms with Crippen molar-refractivity contribution < 1.29 is 26.4 Å². The number of rotatable bonds is 4. The SMILES string of the molecule is COc1cccc(S(=O)(=O)C(=[N+]=[N-])C2([SH](=O)=O)CCCC2)c1. The molecule has 0 spiro atoms. The van der Waals surface area contributed by atoms with Crippen LogP contribution in [0.2, 0.25) is 0 Å². The van der Waals surface area contributed by atoms with Crippen molar-refractivity contribution in [3.8, 4) is 5.75 Å². The summed E-state index contributed by atoms with van der Waals surface area (Å²) in [6.07, 6.45) is 1.40. The second kappa shape index (κ2) is 6.20. The Balaban J connectivity index is 2.62. The molecule has 0 radical (unpaired) electrons. The van der Waals surface area contributed by atoms with Crippen LogP contribution in [0.4, 0.5) is 0 Å². The van der Waals surface area contributed by atoms with Gasteiger partial charge in [0, 0.05) is 0 Å². The van der Waals surface area contributed by atoms with Gasteiger partial charge in [0.1, 0.15) is 5.75 Å². The molecule has 9 heteroatoms. The van der Waals surface area contributed by atoms with Gasteiger partial charge in [0.2, 0.25) is 0 Å². The molecule has 1 aromatic carbocycles. The molecule has 0 N–H and O–H groups in total. The minimum absolute atomic E-state index is 0.133. The number of ether oxygens (including phenoxy) is 1. The molecule has 1 aliphatic carbocycles. The van der Waals surface area contributed by atoms with Crippen molar-refractivity contribution in [3.05, 3.63) is 29.8 Å². The van der Waals surface area contributed by atoms with Crippen LogP contribution in [0.15, 0.2) is 29.2 Å². The topological polar surface area (TPSA) is 114 Å². The number of hydrogen-bond donors (Lipinski definition) is 1. The molecule has 0 amide bonds. The first-order chi connectivity index (χ1) is 10.4. The molecule has 22 heavy (non-hydrogen) atoms. The maximum atomic E-state index is 12.7. The molecule has 7 nitrogen and oxygen atoms in total. The maximum absolute atomic E-state index is 12.7. The normalized spacial score (nSPS) is 17.2. The average molecular weight is 344 g/mol. The van der Waals surface area contributed by atoms with Crippen LogP contribution in [0.3, 0.4) is 0 Å². The number of benzene rings is 1. The molecule has 0 aromatic heterocycles. The van der Waals surface area contributed by atoms with Crippen LogP contribution in [0, 0.1) is 0 Å². The zero-order valence-corrected chi connectivity index (χ0v) is 13.6. The lowest BCUT2D eigenvalue weighted by Gasteiger charge is -2.16. The summed E-state index contributed by atoms with van der Waals surface area (Å²) in [5.74, 6) is 0.311. The van der Waals surface area contributed by atoms with E-state index in [4.69, 9.17) is 4.74 Å². The highest BCUT2D eigenvalue weighted by Gasteiger charge is 2.55. The van der Waals surface area contributed by atoms with Gasteiger partial charge in [-0.3, -0.25) is 0 Å². The molecule has 0 aliphatic heterocycles. The molecule has 1 aromatic rings. The first-order valence-corrected chi connectivity index (χ1v) is 9.31. The van der Waals surface area contributed by atoms with Crippen LogP contribution in [-0.4, -0.2) is 38.5 Å². The van der Waals surface area contributed by atoms with Crippen molar-refractivity contribution in [2.45, 2.75) is 35.3 Å². The van der Waals surface area contributed by atoms with Gasteiger partial charge in [-0.05, 0) is 31.0 Å². The largest absolute Gasteiger partial charge is 0.497 e. The van der Waals surface area contributed by atoms with Crippen LogP contribution < -0.4 is 4.74 Å². The molecular formula is C13H16N2O5S2. The molecule has 120 valence electrons. The van der Waals surface area contributed by atoms with Crippen molar-refractivity contribution in [1.82, 2.24) is 0 Å². The van der Waals surface area contributed by atoms with E-state index in [0.29, 0.717) is 18.6 Å². The van der Waals surface area contributed by atoms with E-state index in [0.717, 1.165) is 0 Å². The Morgan fingerprint density at radius 1 is 1.32 bits per heavy atom. The van der Waals surface area contributed by atoms with Gasteiger partial charge in [0.05, 0.1) is 12.0 Å². The highest BCUT2D eigenvalue weighted by molar-refractivity contribution is 8.07. The van der Waals surface area contributed by atoms with E-state index >= 15 is 0 Å². The molecule has 1 fully saturated rings. The lowest BCUT2D eigenvalue weighted by molar-refractivity contribution is -0.00601. The van der Waals surface area contributed by atoms with E-state index in [1.165, 1.54) is 25.3 Å². The van der Waals surface area contributed by atoms with Crippen LogP contribution in [0.1, 0.15) is 25.7 Å². The van der Waals surface area contributed by atoms with Gasteiger partial charge in [-0.1, -0.05) is 18.9 Å². The number of sulfone groups is 1. The average Bonchev–Trinajstić information content (AvgIpc) is 2.98. The first kappa shape index (κ1) is 16.7. The predicted octanol–water partition coefficient (Wildman–Crippen LogP) is 1.02. The third-order valence-electron chi connectivity index (χ3n) is 3.88. The van der Waals surface area contributed by atoms with Gasteiger partial charge < -0.3 is 10.3 Å². The minimum Gasteiger partial charge on any atom is -0.497 e. The summed E-state index contributed by atoms with van der Waals surface area (Å²) in [5, 5.41) is -0.707. The Bertz CT molecular complexity index is 793. The van der Waals surface area contributed by atoms with Gasteiger partial charge in [0.25, 0.3) is 9.84 Å². The Morgan fingerprint density at radius 3 is 2.45 bits per heavy atom. The van der Waals surface area contributed by atoms with Crippen molar-refractivity contribution in [3.63, 3.8) is 0 Å². The fourth-order valence-electron chi connectivity index (χ4n) is 2.71. The van der Waals surface area contributed by atoms with Crippen molar-refractivity contribution in [2.24, 2.45) is 0 Å². The van der Waals surface area contributed by atoms with Gasteiger partial charge in [-0.15, -0.1) is 0 Å². The van der Waals surface area contributed by atoms with Crippen molar-refractivity contribution in [2.75, 3.05) is 7.11 Å². The second-order valence-corrected chi connectivity index (χ2v) is 8.32. The summed E-state index contributed by atoms with van der Waals surface area (Å²) in [4.78, 5) is 2.71. The predicted molar refractivity (Wildman–Crippen MR) is 80.3 cm³/mol. The molecular weight excluding hydrogens is 328 g/mol. The fraction of sp³-hybridized carbons (Fsp3) is 0.462. The molecule has 0 bridgehead atoms. The standard InChI is InChI=1S/C13H16N2O5S2/c1-20-10-5-4-6-11(9-10)22(18,19)12(15-14)13(21(16)17)7-2-3-8-13/h4-6,9,21H,2-3,7-8H2,1H3. The van der Waals surface area contributed by atoms with E-state index < -0.39 is 30.3 Å². The monoisotopic (exact) mass is 344 g/mol. The summed E-state index contributed by atoms with van der Waals surface area (Å²) >= 11 is 0. The zero-order chi connectivity index (χ0) is 16.4. The summed E-state index contributed by atoms with van der Waals surface area (Å²) < 4.78 is 52.1. The van der Waals surface area contributed by atoms with E-state index in [1.54, 1.807) is 6.07 Å². The van der Waals surface area contributed by atoms with Gasteiger partial charge >= 0.3 is 5.04 Å². The van der Waals surface area contributed by atoms with Gasteiger partial charge in [-0.25, -0.2) is 16.8 Å². The van der Waals surface area contributed by atoms with Crippen molar-refractivity contribution in [1.29, 1.82) is 0 Å². The number of hydrogen-bond acceptors (Lipinski definition) is 5. The molecule has 1 aliphatic rings. The van der Waals surface area contributed by atoms with Gasteiger partial charge in [-0.2, -0.15) is 4.79 Å². The Hall–Kier alpha value is -1.70. The molecule has 0 unspecified atom stereocenters. The smallest absolute Gasteiger partial charge is 0.406 e. The van der Waals surface area contributed by atoms with Crippen LogP contribution in [0.5, 0.6) is 5.75 Å². The van der Waals surface area contributed by atoms with E-state index in [-0.39, 0.29) is 17.7 Å². The third-order valence-corrected chi connectivity index (χ3v) is 7.24. The molecule has 0 atom stereocenters. The first-order valence-electron chi connectivity index (χ1n) is 6.64. The van der Waals surface area contributed by atoms with Crippen LogP contribution >= 0.6 is 0 Å². The maximum Gasteiger partial charge on any atom is 0.406 e. The second-order valence-electron chi connectivity index (χ2n) is 5.08. The van der Waals surface area contributed by atoms with E-state index in [9.17, 15) is 22.4 Å². The van der Waals surface area contributed by atoms with Gasteiger partial charge in [0.15, 0.2) is 15.5 Å². The van der Waals surface area contributed by atoms with Crippen LogP contribution in [0.25, 0.3) is 5.53 Å². The highest BCUT2D eigenvalue weighted by atomic mass is 32.2. The molecule has 0 heterocycles. The Kier molecular flexibility index (Phi) is 4.69. The fourth-order valence-corrected chi connectivity index (χ4v) is 5.74. The van der Waals surface area contributed by atoms with E-state index in [1.807, 2.05) is 0 Å². The molecule has 0 saturated heterocycles. The molecule has 2 rings (SSSR count). The summed E-state index contributed by atoms with van der Waals surface area (Å²) in [6, 6.07) is 5.61.